The lowest BCUT2D eigenvalue weighted by molar-refractivity contribution is -0.122. The monoisotopic (exact) mass is 331 g/mol. The van der Waals surface area contributed by atoms with E-state index in [2.05, 4.69) is 5.29 Å². The molecule has 0 saturated carbocycles. The van der Waals surface area contributed by atoms with E-state index in [1.807, 2.05) is 0 Å². The van der Waals surface area contributed by atoms with Gasteiger partial charge < -0.3 is 10.5 Å². The first-order valence-electron chi connectivity index (χ1n) is 7.35. The van der Waals surface area contributed by atoms with E-state index in [1.165, 1.54) is 13.0 Å². The van der Waals surface area contributed by atoms with Crippen LogP contribution in [0.1, 0.15) is 18.1 Å². The molecule has 0 aromatic heterocycles. The van der Waals surface area contributed by atoms with Crippen molar-refractivity contribution >= 4 is 5.91 Å². The number of carbonyl (C=O) groups excluding carboxylic acids is 1. The summed E-state index contributed by atoms with van der Waals surface area (Å²) in [5.41, 5.74) is 6.40. The molecule has 0 heterocycles. The number of carbonyl (C=O) groups is 1. The summed E-state index contributed by atoms with van der Waals surface area (Å²) < 4.78 is 19.0. The van der Waals surface area contributed by atoms with E-state index in [4.69, 9.17) is 10.5 Å². The number of halogens is 1. The van der Waals surface area contributed by atoms with Crippen LogP contribution in [0.25, 0.3) is 0 Å². The van der Waals surface area contributed by atoms with Crippen LogP contribution in [-0.2, 0) is 17.9 Å². The quantitative estimate of drug-likeness (QED) is 0.595. The van der Waals surface area contributed by atoms with Crippen molar-refractivity contribution in [3.05, 3.63) is 70.4 Å². The highest BCUT2D eigenvalue weighted by Gasteiger charge is 2.18. The van der Waals surface area contributed by atoms with Crippen LogP contribution in [0.4, 0.5) is 4.39 Å². The van der Waals surface area contributed by atoms with Crippen molar-refractivity contribution in [2.45, 2.75) is 26.1 Å². The third-order valence-electron chi connectivity index (χ3n) is 3.58. The van der Waals surface area contributed by atoms with Gasteiger partial charge in [0.2, 0.25) is 5.91 Å². The minimum atomic E-state index is -0.792. The number of rotatable bonds is 8. The average molecular weight is 331 g/mol. The molecular weight excluding hydrogens is 313 g/mol. The number of primary amides is 1. The fourth-order valence-corrected chi connectivity index (χ4v) is 2.04. The largest absolute Gasteiger partial charge is 0.489 e. The number of nitrogens with two attached hydrogens (primary N) is 1. The van der Waals surface area contributed by atoms with Crippen molar-refractivity contribution in [3.63, 3.8) is 0 Å². The minimum absolute atomic E-state index is 0.118. The van der Waals surface area contributed by atoms with Crippen LogP contribution in [-0.4, -0.2) is 17.0 Å². The van der Waals surface area contributed by atoms with Crippen LogP contribution in [0.2, 0.25) is 0 Å². The Morgan fingerprint density at radius 2 is 1.92 bits per heavy atom. The molecule has 0 aliphatic carbocycles. The molecule has 0 radical (unpaired) electrons. The number of ether oxygens (including phenoxy) is 1. The normalized spacial score (nSPS) is 11.6. The Morgan fingerprint density at radius 3 is 2.50 bits per heavy atom. The van der Waals surface area contributed by atoms with Crippen molar-refractivity contribution in [2.75, 3.05) is 0 Å². The molecule has 0 unspecified atom stereocenters. The summed E-state index contributed by atoms with van der Waals surface area (Å²) in [6.45, 7) is 1.78. The molecule has 0 saturated heterocycles. The molecule has 1 amide bonds. The molecule has 2 aromatic rings. The lowest BCUT2D eigenvalue weighted by atomic mass is 10.2. The number of benzene rings is 2. The molecule has 126 valence electrons. The van der Waals surface area contributed by atoms with Gasteiger partial charge in [-0.15, -0.1) is 4.91 Å². The molecular formula is C17H18FN3O3. The minimum Gasteiger partial charge on any atom is -0.489 e. The summed E-state index contributed by atoms with van der Waals surface area (Å²) in [7, 11) is 0. The summed E-state index contributed by atoms with van der Waals surface area (Å²) >= 11 is 0. The van der Waals surface area contributed by atoms with E-state index < -0.39 is 11.9 Å². The van der Waals surface area contributed by atoms with Crippen LogP contribution in [0.3, 0.4) is 0 Å². The van der Waals surface area contributed by atoms with Gasteiger partial charge in [-0.1, -0.05) is 30.3 Å². The van der Waals surface area contributed by atoms with Crippen LogP contribution in [0.5, 0.6) is 5.75 Å². The summed E-state index contributed by atoms with van der Waals surface area (Å²) in [6, 6.07) is 12.5. The first kappa shape index (κ1) is 17.4. The predicted molar refractivity (Wildman–Crippen MR) is 87.2 cm³/mol. The molecule has 0 bridgehead atoms. The standard InChI is InChI=1S/C17H18FN3O3/c1-12(17(19)22)21(20-23)10-13-6-8-15(9-7-13)24-11-14-4-2-3-5-16(14)18/h2-9,12H,10-11H2,1H3,(H2,19,22)/t12-/m0/s1. The summed E-state index contributed by atoms with van der Waals surface area (Å²) in [4.78, 5) is 21.9. The zero-order valence-electron chi connectivity index (χ0n) is 13.2. The third-order valence-corrected chi connectivity index (χ3v) is 3.58. The smallest absolute Gasteiger partial charge is 0.241 e. The molecule has 1 atom stereocenters. The Morgan fingerprint density at radius 1 is 1.25 bits per heavy atom. The van der Waals surface area contributed by atoms with E-state index >= 15 is 0 Å². The van der Waals surface area contributed by atoms with Gasteiger partial charge in [0.15, 0.2) is 0 Å². The SMILES string of the molecule is C[C@@H](C(N)=O)N(Cc1ccc(OCc2ccccc2F)cc1)N=O. The fraction of sp³-hybridized carbons (Fsp3) is 0.235. The molecule has 7 heteroatoms. The van der Waals surface area contributed by atoms with Crippen LogP contribution in [0.15, 0.2) is 53.8 Å². The van der Waals surface area contributed by atoms with Gasteiger partial charge in [-0.25, -0.2) is 9.40 Å². The van der Waals surface area contributed by atoms with Gasteiger partial charge in [-0.3, -0.25) is 4.79 Å². The van der Waals surface area contributed by atoms with Crippen molar-refractivity contribution in [1.29, 1.82) is 0 Å². The Bertz CT molecular complexity index is 706. The summed E-state index contributed by atoms with van der Waals surface area (Å²) in [5, 5.41) is 3.89. The molecule has 0 aliphatic rings. The van der Waals surface area contributed by atoms with E-state index in [1.54, 1.807) is 42.5 Å². The molecule has 2 aromatic carbocycles. The average Bonchev–Trinajstić information content (AvgIpc) is 2.59. The summed E-state index contributed by atoms with van der Waals surface area (Å²) in [5.74, 6) is -0.378. The molecule has 6 nitrogen and oxygen atoms in total. The van der Waals surface area contributed by atoms with Crippen molar-refractivity contribution in [3.8, 4) is 5.75 Å². The van der Waals surface area contributed by atoms with Crippen molar-refractivity contribution in [1.82, 2.24) is 5.01 Å². The second-order valence-electron chi connectivity index (χ2n) is 5.28. The van der Waals surface area contributed by atoms with Crippen LogP contribution < -0.4 is 10.5 Å². The van der Waals surface area contributed by atoms with Crippen LogP contribution >= 0.6 is 0 Å². The number of hydrogen-bond acceptors (Lipinski definition) is 4. The zero-order valence-corrected chi connectivity index (χ0v) is 13.2. The van der Waals surface area contributed by atoms with Crippen LogP contribution in [0, 0.1) is 10.7 Å². The fourth-order valence-electron chi connectivity index (χ4n) is 2.04. The van der Waals surface area contributed by atoms with Gasteiger partial charge in [-0.05, 0) is 30.7 Å². The topological polar surface area (TPSA) is 85.0 Å². The van der Waals surface area contributed by atoms with Crippen molar-refractivity contribution < 1.29 is 13.9 Å². The molecule has 2 rings (SSSR count). The number of nitrogens with zero attached hydrogens (tertiary/aromatic N) is 2. The first-order chi connectivity index (χ1) is 11.5. The molecule has 2 N–H and O–H groups in total. The first-order valence-corrected chi connectivity index (χ1v) is 7.35. The van der Waals surface area contributed by atoms with Gasteiger partial charge in [0, 0.05) is 5.56 Å². The second-order valence-corrected chi connectivity index (χ2v) is 5.28. The number of nitroso groups, excluding NO2 is 1. The highest BCUT2D eigenvalue weighted by Crippen LogP contribution is 2.17. The maximum atomic E-state index is 13.5. The third kappa shape index (κ3) is 4.52. The summed E-state index contributed by atoms with van der Waals surface area (Å²) in [6.07, 6.45) is 0. The molecule has 24 heavy (non-hydrogen) atoms. The van der Waals surface area contributed by atoms with E-state index in [0.29, 0.717) is 11.3 Å². The number of amides is 1. The van der Waals surface area contributed by atoms with Gasteiger partial charge in [-0.2, -0.15) is 0 Å². The lowest BCUT2D eigenvalue weighted by Gasteiger charge is -2.20. The molecule has 0 fully saturated rings. The Hall–Kier alpha value is -2.96. The van der Waals surface area contributed by atoms with E-state index in [0.717, 1.165) is 10.6 Å². The maximum Gasteiger partial charge on any atom is 0.241 e. The van der Waals surface area contributed by atoms with E-state index in [-0.39, 0.29) is 19.0 Å². The second kappa shape index (κ2) is 8.05. The Balaban J connectivity index is 1.96. The lowest BCUT2D eigenvalue weighted by Crippen LogP contribution is -2.38. The van der Waals surface area contributed by atoms with Gasteiger partial charge in [0.1, 0.15) is 24.2 Å². The predicted octanol–water partition coefficient (Wildman–Crippen LogP) is 2.76. The maximum absolute atomic E-state index is 13.5. The highest BCUT2D eigenvalue weighted by atomic mass is 19.1. The highest BCUT2D eigenvalue weighted by molar-refractivity contribution is 5.79. The zero-order chi connectivity index (χ0) is 17.5. The van der Waals surface area contributed by atoms with Gasteiger partial charge in [0.25, 0.3) is 0 Å². The van der Waals surface area contributed by atoms with Gasteiger partial charge in [0.05, 0.1) is 11.8 Å². The Labute approximate surface area is 139 Å². The van der Waals surface area contributed by atoms with E-state index in [9.17, 15) is 14.1 Å². The Kier molecular flexibility index (Phi) is 5.83. The van der Waals surface area contributed by atoms with Gasteiger partial charge >= 0.3 is 0 Å². The number of hydrogen-bond donors (Lipinski definition) is 1. The molecule has 0 aliphatic heterocycles. The van der Waals surface area contributed by atoms with Crippen molar-refractivity contribution in [2.24, 2.45) is 11.0 Å². The molecule has 0 spiro atoms.